The Hall–Kier alpha value is 0.0169. The fourth-order valence-corrected chi connectivity index (χ4v) is 2.30. The number of likely N-dealkylation sites (tertiary alicyclic amines) is 1. The van der Waals surface area contributed by atoms with Crippen LogP contribution in [0.5, 0.6) is 0 Å². The molecule has 0 aliphatic carbocycles. The molecule has 0 aromatic rings. The van der Waals surface area contributed by atoms with E-state index in [0.29, 0.717) is 0 Å². The zero-order chi connectivity index (χ0) is 13.6. The van der Waals surface area contributed by atoms with Gasteiger partial charge in [0.2, 0.25) is 0 Å². The van der Waals surface area contributed by atoms with Gasteiger partial charge in [0.25, 0.3) is 0 Å². The van der Waals surface area contributed by atoms with Crippen LogP contribution in [0, 0.1) is 0 Å². The first-order valence-electron chi connectivity index (χ1n) is 6.79. The van der Waals surface area contributed by atoms with Crippen LogP contribution in [0.15, 0.2) is 0 Å². The molecule has 110 valence electrons. The Morgan fingerprint density at radius 2 is 1.50 bits per heavy atom. The Balaban J connectivity index is 0.000000360. The van der Waals surface area contributed by atoms with Crippen LogP contribution in [-0.2, 0) is 13.3 Å². The third-order valence-electron chi connectivity index (χ3n) is 2.95. The van der Waals surface area contributed by atoms with Gasteiger partial charge in [0, 0.05) is 21.3 Å². The van der Waals surface area contributed by atoms with Crippen molar-refractivity contribution >= 4 is 9.53 Å². The molecule has 18 heavy (non-hydrogen) atoms. The molecule has 0 unspecified atom stereocenters. The molecule has 2 N–H and O–H groups in total. The van der Waals surface area contributed by atoms with Gasteiger partial charge in [0.15, 0.2) is 0 Å². The van der Waals surface area contributed by atoms with Crippen LogP contribution in [0.1, 0.15) is 32.1 Å². The zero-order valence-electron chi connectivity index (χ0n) is 12.2. The Bertz CT molecular complexity index is 162. The van der Waals surface area contributed by atoms with Crippen molar-refractivity contribution in [1.82, 2.24) is 4.90 Å². The third kappa shape index (κ3) is 9.99. The Morgan fingerprint density at radius 1 is 0.944 bits per heavy atom. The smallest absolute Gasteiger partial charge is 0.379 e. The summed E-state index contributed by atoms with van der Waals surface area (Å²) in [5.74, 6) is 0. The fraction of sp³-hybridized carbons (Fsp3) is 1.00. The molecule has 0 aromatic heterocycles. The molecular weight excluding hydrogens is 248 g/mol. The van der Waals surface area contributed by atoms with E-state index in [0.717, 1.165) is 6.54 Å². The predicted molar refractivity (Wildman–Crippen MR) is 76.8 cm³/mol. The number of nitrogens with zero attached hydrogens (tertiary/aromatic N) is 1. The van der Waals surface area contributed by atoms with Crippen LogP contribution in [0.4, 0.5) is 0 Å². The maximum Gasteiger partial charge on any atom is 0.483 e. The van der Waals surface area contributed by atoms with Crippen molar-refractivity contribution in [3.8, 4) is 0 Å². The summed E-state index contributed by atoms with van der Waals surface area (Å²) in [4.78, 5) is 2.53. The third-order valence-corrected chi connectivity index (χ3v) is 4.11. The molecule has 1 heterocycles. The van der Waals surface area contributed by atoms with E-state index < -0.39 is 9.53 Å². The topological polar surface area (TPSA) is 57.0 Å². The Morgan fingerprint density at radius 3 is 1.83 bits per heavy atom. The molecule has 0 amide bonds. The quantitative estimate of drug-likeness (QED) is 0.501. The number of hydrogen-bond donors (Lipinski definition) is 1. The van der Waals surface area contributed by atoms with E-state index in [1.165, 1.54) is 51.7 Å². The van der Waals surface area contributed by atoms with Crippen molar-refractivity contribution in [2.24, 2.45) is 5.73 Å². The highest BCUT2D eigenvalue weighted by Crippen LogP contribution is 2.08. The zero-order valence-corrected chi connectivity index (χ0v) is 13.3. The van der Waals surface area contributed by atoms with Gasteiger partial charge in [-0.2, -0.15) is 0 Å². The summed E-state index contributed by atoms with van der Waals surface area (Å²) >= 11 is 0. The molecule has 0 radical (unpaired) electrons. The van der Waals surface area contributed by atoms with Crippen molar-refractivity contribution in [2.45, 2.75) is 32.1 Å². The molecule has 1 saturated heterocycles. The molecule has 0 atom stereocenters. The second-order valence-corrected chi connectivity index (χ2v) is 6.39. The standard InChI is InChI=1S/C9H20N2.C3H10O3Si/c10-6-3-1-2-4-7-11-8-5-9-11;1-4-7(5-2)6-3/h1-10H2;7H,1-3H3. The van der Waals surface area contributed by atoms with Crippen molar-refractivity contribution in [2.75, 3.05) is 47.5 Å². The largest absolute Gasteiger partial charge is 0.483 e. The molecule has 1 rings (SSSR count). The van der Waals surface area contributed by atoms with Crippen molar-refractivity contribution in [3.05, 3.63) is 0 Å². The van der Waals surface area contributed by atoms with E-state index in [9.17, 15) is 0 Å². The minimum Gasteiger partial charge on any atom is -0.379 e. The highest BCUT2D eigenvalue weighted by atomic mass is 28.3. The lowest BCUT2D eigenvalue weighted by Crippen LogP contribution is -2.37. The van der Waals surface area contributed by atoms with Crippen molar-refractivity contribution in [3.63, 3.8) is 0 Å². The summed E-state index contributed by atoms with van der Waals surface area (Å²) in [7, 11) is 3.05. The molecule has 0 bridgehead atoms. The number of nitrogens with two attached hydrogens (primary N) is 1. The van der Waals surface area contributed by atoms with Gasteiger partial charge in [-0.15, -0.1) is 0 Å². The van der Waals surface area contributed by atoms with E-state index >= 15 is 0 Å². The van der Waals surface area contributed by atoms with E-state index in [1.807, 2.05) is 0 Å². The molecule has 6 heteroatoms. The van der Waals surface area contributed by atoms with E-state index in [4.69, 9.17) is 19.0 Å². The highest BCUT2D eigenvalue weighted by molar-refractivity contribution is 6.36. The normalized spacial score (nSPS) is 15.2. The molecule has 1 aliphatic rings. The second-order valence-electron chi connectivity index (χ2n) is 4.39. The molecule has 1 fully saturated rings. The summed E-state index contributed by atoms with van der Waals surface area (Å²) in [6.45, 7) is 4.88. The average molecular weight is 278 g/mol. The minimum atomic E-state index is -1.67. The summed E-state index contributed by atoms with van der Waals surface area (Å²) < 4.78 is 14.2. The Kier molecular flexibility index (Phi) is 13.5. The van der Waals surface area contributed by atoms with E-state index in [1.54, 1.807) is 21.3 Å². The molecule has 0 spiro atoms. The summed E-state index contributed by atoms with van der Waals surface area (Å²) in [5, 5.41) is 0. The molecular formula is C12H30N2O3Si. The van der Waals surface area contributed by atoms with Crippen molar-refractivity contribution in [1.29, 1.82) is 0 Å². The molecule has 1 aliphatic heterocycles. The van der Waals surface area contributed by atoms with Gasteiger partial charge in [0.05, 0.1) is 0 Å². The summed E-state index contributed by atoms with van der Waals surface area (Å²) in [6, 6.07) is 0. The second kappa shape index (κ2) is 13.4. The molecule has 5 nitrogen and oxygen atoms in total. The lowest BCUT2D eigenvalue weighted by atomic mass is 10.1. The predicted octanol–water partition coefficient (Wildman–Crippen LogP) is 0.854. The van der Waals surface area contributed by atoms with Gasteiger partial charge in [-0.1, -0.05) is 12.8 Å². The van der Waals surface area contributed by atoms with E-state index in [-0.39, 0.29) is 0 Å². The lowest BCUT2D eigenvalue weighted by Gasteiger charge is -2.30. The van der Waals surface area contributed by atoms with Gasteiger partial charge < -0.3 is 23.9 Å². The first-order chi connectivity index (χ1) is 8.78. The van der Waals surface area contributed by atoms with Crippen LogP contribution in [-0.4, -0.2) is 61.9 Å². The monoisotopic (exact) mass is 278 g/mol. The minimum absolute atomic E-state index is 0.865. The highest BCUT2D eigenvalue weighted by Gasteiger charge is 2.11. The summed E-state index contributed by atoms with van der Waals surface area (Å²) in [5.41, 5.74) is 5.40. The number of unbranched alkanes of at least 4 members (excludes halogenated alkanes) is 3. The van der Waals surface area contributed by atoms with Crippen LogP contribution in [0.2, 0.25) is 0 Å². The fourth-order valence-electron chi connectivity index (χ4n) is 1.73. The van der Waals surface area contributed by atoms with E-state index in [2.05, 4.69) is 4.90 Å². The van der Waals surface area contributed by atoms with Crippen molar-refractivity contribution < 1.29 is 13.3 Å². The van der Waals surface area contributed by atoms with Gasteiger partial charge in [0.1, 0.15) is 0 Å². The summed E-state index contributed by atoms with van der Waals surface area (Å²) in [6.07, 6.45) is 6.70. The number of hydrogen-bond acceptors (Lipinski definition) is 5. The van der Waals surface area contributed by atoms with Gasteiger partial charge in [-0.25, -0.2) is 0 Å². The van der Waals surface area contributed by atoms with Gasteiger partial charge >= 0.3 is 9.53 Å². The first-order valence-corrected chi connectivity index (χ1v) is 8.20. The van der Waals surface area contributed by atoms with Gasteiger partial charge in [-0.3, -0.25) is 0 Å². The van der Waals surface area contributed by atoms with Crippen LogP contribution < -0.4 is 5.73 Å². The molecule has 0 aromatic carbocycles. The van der Waals surface area contributed by atoms with Gasteiger partial charge in [-0.05, 0) is 45.4 Å². The maximum absolute atomic E-state index is 5.40. The van der Waals surface area contributed by atoms with Crippen LogP contribution in [0.25, 0.3) is 0 Å². The number of rotatable bonds is 9. The Labute approximate surface area is 114 Å². The first kappa shape index (κ1) is 18.0. The average Bonchev–Trinajstić information content (AvgIpc) is 2.34. The maximum atomic E-state index is 5.40. The van der Waals surface area contributed by atoms with Crippen LogP contribution >= 0.6 is 0 Å². The van der Waals surface area contributed by atoms with Crippen LogP contribution in [0.3, 0.4) is 0 Å². The SMILES string of the molecule is CO[SiH](OC)OC.NCCCCCCN1CCC1. The molecule has 0 saturated carbocycles. The lowest BCUT2D eigenvalue weighted by molar-refractivity contribution is 0.163.